The van der Waals surface area contributed by atoms with Crippen molar-refractivity contribution >= 4 is 72.5 Å². The Morgan fingerprint density at radius 2 is 1.52 bits per heavy atom. The summed E-state index contributed by atoms with van der Waals surface area (Å²) in [5.41, 5.74) is 4.14. The smallest absolute Gasteiger partial charge is 0.0832 e. The van der Waals surface area contributed by atoms with E-state index in [-0.39, 0.29) is 6.04 Å². The molecule has 1 unspecified atom stereocenters. The highest BCUT2D eigenvalue weighted by Gasteiger charge is 2.29. The largest absolute Gasteiger partial charge is 0.256 e. The highest BCUT2D eigenvalue weighted by molar-refractivity contribution is 9.10. The zero-order valence-corrected chi connectivity index (χ0v) is 19.9. The molecule has 0 aromatic heterocycles. The maximum absolute atomic E-state index is 6.50. The molecule has 0 saturated carbocycles. The Hall–Kier alpha value is -1.59. The van der Waals surface area contributed by atoms with Gasteiger partial charge in [0.1, 0.15) is 0 Å². The number of anilines is 1. The van der Waals surface area contributed by atoms with Crippen molar-refractivity contribution in [1.82, 2.24) is 0 Å². The average molecular weight is 551 g/mol. The fourth-order valence-corrected chi connectivity index (χ4v) is 4.26. The number of hydrogen-bond donors (Lipinski definition) is 0. The third-order valence-corrected chi connectivity index (χ3v) is 6.28. The van der Waals surface area contributed by atoms with Crippen LogP contribution < -0.4 is 5.01 Å². The summed E-state index contributed by atoms with van der Waals surface area (Å²) in [6.45, 7) is 0. The number of halogens is 4. The minimum Gasteiger partial charge on any atom is -0.256 e. The molecule has 0 amide bonds. The van der Waals surface area contributed by atoms with Crippen LogP contribution in [0.5, 0.6) is 0 Å². The van der Waals surface area contributed by atoms with Gasteiger partial charge in [-0.2, -0.15) is 5.10 Å². The first-order valence-electron chi connectivity index (χ1n) is 9.00. The van der Waals surface area contributed by atoms with E-state index in [2.05, 4.69) is 68.3 Å². The van der Waals surface area contributed by atoms with Gasteiger partial charge in [0.25, 0.3) is 0 Å². The Labute approximate surface area is 197 Å². The molecule has 146 valence electrons. The second-order valence-electron chi connectivity index (χ2n) is 6.69. The Morgan fingerprint density at radius 1 is 0.862 bits per heavy atom. The van der Waals surface area contributed by atoms with Crippen molar-refractivity contribution in [3.63, 3.8) is 0 Å². The van der Waals surface area contributed by atoms with Crippen LogP contribution in [0.4, 0.5) is 5.69 Å². The molecule has 2 nitrogen and oxygen atoms in total. The van der Waals surface area contributed by atoms with Gasteiger partial charge in [0.15, 0.2) is 0 Å². The highest BCUT2D eigenvalue weighted by Crippen LogP contribution is 2.40. The lowest BCUT2D eigenvalue weighted by Gasteiger charge is -2.25. The van der Waals surface area contributed by atoms with Crippen molar-refractivity contribution in [1.29, 1.82) is 0 Å². The van der Waals surface area contributed by atoms with E-state index >= 15 is 0 Å². The number of allylic oxidation sites excluding steroid dienone is 1. The first kappa shape index (κ1) is 20.7. The Bertz CT molecular complexity index is 1080. The molecule has 1 atom stereocenters. The molecule has 1 aliphatic heterocycles. The fourth-order valence-electron chi connectivity index (χ4n) is 3.23. The van der Waals surface area contributed by atoms with E-state index < -0.39 is 0 Å². The maximum atomic E-state index is 6.50. The molecule has 4 rings (SSSR count). The molecule has 0 bridgehead atoms. The van der Waals surface area contributed by atoms with Gasteiger partial charge in [-0.15, -0.1) is 0 Å². The van der Waals surface area contributed by atoms with Crippen LogP contribution >= 0.6 is 55.1 Å². The molecular weight excluding hydrogens is 535 g/mol. The molecule has 0 radical (unpaired) electrons. The van der Waals surface area contributed by atoms with E-state index in [0.717, 1.165) is 32.3 Å². The molecule has 3 aromatic rings. The second-order valence-corrected chi connectivity index (χ2v) is 9.36. The molecule has 0 spiro atoms. The number of rotatable bonds is 4. The van der Waals surface area contributed by atoms with Crippen LogP contribution in [-0.4, -0.2) is 5.71 Å². The number of hydrogen-bond acceptors (Lipinski definition) is 2. The van der Waals surface area contributed by atoms with Gasteiger partial charge in [-0.25, -0.2) is 0 Å². The SMILES string of the molecule is Clc1ccc(N2N=C(C=Cc3ccc(Br)cc3)CC2c2ccc(Br)cc2)c(Cl)c1. The van der Waals surface area contributed by atoms with Crippen LogP contribution in [0, 0.1) is 0 Å². The van der Waals surface area contributed by atoms with Gasteiger partial charge >= 0.3 is 0 Å². The van der Waals surface area contributed by atoms with E-state index in [1.807, 2.05) is 41.4 Å². The van der Waals surface area contributed by atoms with Gasteiger partial charge in [0, 0.05) is 20.4 Å². The predicted octanol–water partition coefficient (Wildman–Crippen LogP) is 8.54. The average Bonchev–Trinajstić information content (AvgIpc) is 3.12. The monoisotopic (exact) mass is 548 g/mol. The quantitative estimate of drug-likeness (QED) is 0.318. The van der Waals surface area contributed by atoms with Gasteiger partial charge < -0.3 is 0 Å². The topological polar surface area (TPSA) is 15.6 Å². The zero-order chi connectivity index (χ0) is 20.4. The summed E-state index contributed by atoms with van der Waals surface area (Å²) in [5.74, 6) is 0. The summed E-state index contributed by atoms with van der Waals surface area (Å²) in [7, 11) is 0. The van der Waals surface area contributed by atoms with Crippen molar-refractivity contribution in [3.8, 4) is 0 Å². The summed E-state index contributed by atoms with van der Waals surface area (Å²) in [4.78, 5) is 0. The third kappa shape index (κ3) is 4.95. The van der Waals surface area contributed by atoms with E-state index in [4.69, 9.17) is 28.3 Å². The summed E-state index contributed by atoms with van der Waals surface area (Å²) < 4.78 is 2.11. The molecule has 0 aliphatic carbocycles. The van der Waals surface area contributed by atoms with Crippen LogP contribution in [-0.2, 0) is 0 Å². The van der Waals surface area contributed by atoms with Gasteiger partial charge in [-0.3, -0.25) is 5.01 Å². The Balaban J connectivity index is 1.68. The van der Waals surface area contributed by atoms with E-state index in [0.29, 0.717) is 10.0 Å². The van der Waals surface area contributed by atoms with Crippen molar-refractivity contribution in [2.75, 3.05) is 5.01 Å². The molecule has 0 fully saturated rings. The predicted molar refractivity (Wildman–Crippen MR) is 131 cm³/mol. The van der Waals surface area contributed by atoms with Gasteiger partial charge in [-0.1, -0.05) is 85.4 Å². The minimum atomic E-state index is 0.0614. The number of hydrazone groups is 1. The first-order chi connectivity index (χ1) is 14.0. The second kappa shape index (κ2) is 9.05. The molecule has 0 saturated heterocycles. The minimum absolute atomic E-state index is 0.0614. The van der Waals surface area contributed by atoms with Gasteiger partial charge in [-0.05, 0) is 59.7 Å². The van der Waals surface area contributed by atoms with Crippen LogP contribution in [0.25, 0.3) is 6.08 Å². The van der Waals surface area contributed by atoms with Crippen molar-refractivity contribution in [3.05, 3.63) is 103 Å². The summed E-state index contributed by atoms with van der Waals surface area (Å²) >= 11 is 19.6. The molecule has 1 heterocycles. The first-order valence-corrected chi connectivity index (χ1v) is 11.3. The van der Waals surface area contributed by atoms with Gasteiger partial charge in [0.05, 0.1) is 22.5 Å². The van der Waals surface area contributed by atoms with Crippen molar-refractivity contribution in [2.24, 2.45) is 5.10 Å². The molecule has 29 heavy (non-hydrogen) atoms. The molecule has 0 N–H and O–H groups in total. The lowest BCUT2D eigenvalue weighted by Crippen LogP contribution is -2.18. The Morgan fingerprint density at radius 3 is 2.17 bits per heavy atom. The van der Waals surface area contributed by atoms with Crippen molar-refractivity contribution in [2.45, 2.75) is 12.5 Å². The Kier molecular flexibility index (Phi) is 6.45. The van der Waals surface area contributed by atoms with E-state index in [1.54, 1.807) is 6.07 Å². The van der Waals surface area contributed by atoms with Crippen LogP contribution in [0.2, 0.25) is 10.0 Å². The van der Waals surface area contributed by atoms with Crippen LogP contribution in [0.15, 0.2) is 86.9 Å². The summed E-state index contributed by atoms with van der Waals surface area (Å²) in [5, 5.41) is 8.06. The highest BCUT2D eigenvalue weighted by atomic mass is 79.9. The van der Waals surface area contributed by atoms with E-state index in [1.165, 1.54) is 5.56 Å². The third-order valence-electron chi connectivity index (χ3n) is 4.68. The lowest BCUT2D eigenvalue weighted by molar-refractivity contribution is 0.709. The van der Waals surface area contributed by atoms with Gasteiger partial charge in [0.2, 0.25) is 0 Å². The fraction of sp³-hybridized carbons (Fsp3) is 0.0870. The molecule has 1 aliphatic rings. The maximum Gasteiger partial charge on any atom is 0.0832 e. The van der Waals surface area contributed by atoms with Crippen LogP contribution in [0.1, 0.15) is 23.6 Å². The number of benzene rings is 3. The molecule has 3 aromatic carbocycles. The summed E-state index contributed by atoms with van der Waals surface area (Å²) in [6, 6.07) is 22.1. The van der Waals surface area contributed by atoms with Crippen molar-refractivity contribution < 1.29 is 0 Å². The lowest BCUT2D eigenvalue weighted by atomic mass is 10.0. The van der Waals surface area contributed by atoms with Crippen LogP contribution in [0.3, 0.4) is 0 Å². The zero-order valence-electron chi connectivity index (χ0n) is 15.2. The van der Waals surface area contributed by atoms with E-state index in [9.17, 15) is 0 Å². The normalized spacial score (nSPS) is 16.5. The summed E-state index contributed by atoms with van der Waals surface area (Å²) in [6.07, 6.45) is 4.93. The molecule has 6 heteroatoms. The number of nitrogens with zero attached hydrogens (tertiary/aromatic N) is 2. The molecular formula is C23H16Br2Cl2N2. The standard InChI is InChI=1S/C23H16Br2Cl2N2/c24-17-6-1-15(2-7-17)3-11-20-14-23(16-4-8-18(25)9-5-16)29(28-20)22-12-10-19(26)13-21(22)27/h1-13,23H,14H2.